The Balaban J connectivity index is 2.16. The van der Waals surface area contributed by atoms with E-state index in [9.17, 15) is 9.59 Å². The van der Waals surface area contributed by atoms with E-state index in [-0.39, 0.29) is 11.8 Å². The summed E-state index contributed by atoms with van der Waals surface area (Å²) in [4.78, 5) is 30.0. The van der Waals surface area contributed by atoms with Crippen molar-refractivity contribution in [3.63, 3.8) is 0 Å². The number of nitrogens with zero attached hydrogens (tertiary/aromatic N) is 2. The molecule has 0 unspecified atom stereocenters. The van der Waals surface area contributed by atoms with E-state index >= 15 is 0 Å². The Labute approximate surface area is 162 Å². The van der Waals surface area contributed by atoms with Crippen molar-refractivity contribution in [2.45, 2.75) is 40.5 Å². The number of para-hydroxylation sites is 2. The summed E-state index contributed by atoms with van der Waals surface area (Å²) >= 11 is 0. The van der Waals surface area contributed by atoms with Gasteiger partial charge in [-0.15, -0.1) is 0 Å². The van der Waals surface area contributed by atoms with E-state index in [1.54, 1.807) is 18.7 Å². The van der Waals surface area contributed by atoms with Gasteiger partial charge in [0.1, 0.15) is 5.41 Å². The monoisotopic (exact) mass is 375 g/mol. The summed E-state index contributed by atoms with van der Waals surface area (Å²) in [6.45, 7) is 11.8. The number of rotatable bonds is 8. The highest BCUT2D eigenvalue weighted by molar-refractivity contribution is 6.10. The van der Waals surface area contributed by atoms with Gasteiger partial charge < -0.3 is 19.9 Å². The lowest BCUT2D eigenvalue weighted by atomic mass is 9.89. The number of anilines is 2. The summed E-state index contributed by atoms with van der Waals surface area (Å²) in [5.74, 6) is -0.391. The summed E-state index contributed by atoms with van der Waals surface area (Å²) in [6.07, 6.45) is 1.76. The first kappa shape index (κ1) is 21.2. The maximum atomic E-state index is 13.0. The van der Waals surface area contributed by atoms with Crippen LogP contribution >= 0.6 is 0 Å². The standard InChI is InChI=1S/C21H33N3O3/c1-5-11-24(12-6-2)20(26)21(3,4)19(25)22-17-9-7-8-10-18(17)23-13-15-27-16-14-23/h7-10H,5-6,11-16H2,1-4H3,(H,22,25). The van der Waals surface area contributed by atoms with Crippen molar-refractivity contribution in [2.75, 3.05) is 49.6 Å². The third-order valence-electron chi connectivity index (χ3n) is 4.88. The van der Waals surface area contributed by atoms with Crippen LogP contribution in [-0.2, 0) is 14.3 Å². The molecule has 1 aliphatic rings. The van der Waals surface area contributed by atoms with Gasteiger partial charge in [0.05, 0.1) is 24.6 Å². The second-order valence-corrected chi connectivity index (χ2v) is 7.49. The normalized spacial score (nSPS) is 14.7. The molecule has 1 aromatic rings. The maximum absolute atomic E-state index is 13.0. The minimum Gasteiger partial charge on any atom is -0.378 e. The Bertz CT molecular complexity index is 633. The van der Waals surface area contributed by atoms with Crippen LogP contribution in [0.2, 0.25) is 0 Å². The van der Waals surface area contributed by atoms with Gasteiger partial charge in [-0.2, -0.15) is 0 Å². The molecule has 1 saturated heterocycles. The van der Waals surface area contributed by atoms with Gasteiger partial charge in [0.2, 0.25) is 11.8 Å². The van der Waals surface area contributed by atoms with Gasteiger partial charge in [-0.25, -0.2) is 0 Å². The van der Waals surface area contributed by atoms with E-state index < -0.39 is 5.41 Å². The SMILES string of the molecule is CCCN(CCC)C(=O)C(C)(C)C(=O)Nc1ccccc1N1CCOCC1. The molecule has 0 bridgehead atoms. The average Bonchev–Trinajstić information content (AvgIpc) is 2.68. The summed E-state index contributed by atoms with van der Waals surface area (Å²) in [5.41, 5.74) is 0.585. The predicted molar refractivity (Wildman–Crippen MR) is 109 cm³/mol. The third-order valence-corrected chi connectivity index (χ3v) is 4.88. The van der Waals surface area contributed by atoms with Crippen LogP contribution in [0.15, 0.2) is 24.3 Å². The zero-order chi connectivity index (χ0) is 19.9. The van der Waals surface area contributed by atoms with E-state index in [2.05, 4.69) is 10.2 Å². The molecule has 0 atom stereocenters. The number of ether oxygens (including phenoxy) is 1. The fraction of sp³-hybridized carbons (Fsp3) is 0.619. The molecule has 150 valence electrons. The van der Waals surface area contributed by atoms with Gasteiger partial charge in [-0.05, 0) is 38.8 Å². The summed E-state index contributed by atoms with van der Waals surface area (Å²) in [6, 6.07) is 7.74. The molecule has 1 aliphatic heterocycles. The molecule has 0 saturated carbocycles. The molecule has 27 heavy (non-hydrogen) atoms. The molecule has 0 radical (unpaired) electrons. The first-order chi connectivity index (χ1) is 12.9. The van der Waals surface area contributed by atoms with Crippen molar-refractivity contribution >= 4 is 23.2 Å². The topological polar surface area (TPSA) is 61.9 Å². The first-order valence-electron chi connectivity index (χ1n) is 9.94. The quantitative estimate of drug-likeness (QED) is 0.709. The number of carbonyl (C=O) groups excluding carboxylic acids is 2. The lowest BCUT2D eigenvalue weighted by Crippen LogP contribution is -2.48. The zero-order valence-corrected chi connectivity index (χ0v) is 17.1. The van der Waals surface area contributed by atoms with Crippen LogP contribution in [-0.4, -0.2) is 56.1 Å². The highest BCUT2D eigenvalue weighted by atomic mass is 16.5. The number of morpholine rings is 1. The van der Waals surface area contributed by atoms with Crippen molar-refractivity contribution in [1.82, 2.24) is 4.90 Å². The van der Waals surface area contributed by atoms with Gasteiger partial charge in [-0.3, -0.25) is 9.59 Å². The molecule has 0 aromatic heterocycles. The maximum Gasteiger partial charge on any atom is 0.239 e. The van der Waals surface area contributed by atoms with Gasteiger partial charge in [0, 0.05) is 26.2 Å². The molecule has 1 N–H and O–H groups in total. The molecule has 6 nitrogen and oxygen atoms in total. The van der Waals surface area contributed by atoms with Crippen LogP contribution in [0.4, 0.5) is 11.4 Å². The molecular weight excluding hydrogens is 342 g/mol. The molecular formula is C21H33N3O3. The van der Waals surface area contributed by atoms with Crippen molar-refractivity contribution in [3.05, 3.63) is 24.3 Å². The average molecular weight is 376 g/mol. The second kappa shape index (κ2) is 9.74. The Morgan fingerprint density at radius 2 is 1.70 bits per heavy atom. The van der Waals surface area contributed by atoms with Crippen LogP contribution in [0.3, 0.4) is 0 Å². The van der Waals surface area contributed by atoms with Gasteiger partial charge >= 0.3 is 0 Å². The molecule has 6 heteroatoms. The molecule has 2 amide bonds. The Morgan fingerprint density at radius 3 is 2.30 bits per heavy atom. The highest BCUT2D eigenvalue weighted by Gasteiger charge is 2.39. The van der Waals surface area contributed by atoms with E-state index in [0.29, 0.717) is 26.3 Å². The van der Waals surface area contributed by atoms with E-state index in [4.69, 9.17) is 4.74 Å². The number of benzene rings is 1. The lowest BCUT2D eigenvalue weighted by Gasteiger charge is -2.33. The van der Waals surface area contributed by atoms with Crippen LogP contribution in [0.25, 0.3) is 0 Å². The van der Waals surface area contributed by atoms with E-state index in [1.807, 2.05) is 38.1 Å². The molecule has 2 rings (SSSR count). The third kappa shape index (κ3) is 5.22. The van der Waals surface area contributed by atoms with Crippen molar-refractivity contribution in [3.8, 4) is 0 Å². The van der Waals surface area contributed by atoms with Gasteiger partial charge in [0.15, 0.2) is 0 Å². The number of hydrogen-bond donors (Lipinski definition) is 1. The van der Waals surface area contributed by atoms with Crippen molar-refractivity contribution in [1.29, 1.82) is 0 Å². The van der Waals surface area contributed by atoms with Gasteiger partial charge in [0.25, 0.3) is 0 Å². The summed E-state index contributed by atoms with van der Waals surface area (Å²) in [5, 5.41) is 3.00. The molecule has 0 aliphatic carbocycles. The predicted octanol–water partition coefficient (Wildman–Crippen LogP) is 3.14. The molecule has 1 fully saturated rings. The van der Waals surface area contributed by atoms with Gasteiger partial charge in [-0.1, -0.05) is 26.0 Å². The summed E-state index contributed by atoms with van der Waals surface area (Å²) in [7, 11) is 0. The highest BCUT2D eigenvalue weighted by Crippen LogP contribution is 2.29. The smallest absolute Gasteiger partial charge is 0.239 e. The second-order valence-electron chi connectivity index (χ2n) is 7.49. The Hall–Kier alpha value is -2.08. The molecule has 0 spiro atoms. The first-order valence-corrected chi connectivity index (χ1v) is 9.94. The van der Waals surface area contributed by atoms with E-state index in [1.165, 1.54) is 0 Å². The number of nitrogens with one attached hydrogen (secondary N) is 1. The summed E-state index contributed by atoms with van der Waals surface area (Å²) < 4.78 is 5.42. The minimum absolute atomic E-state index is 0.118. The van der Waals surface area contributed by atoms with E-state index in [0.717, 1.165) is 37.3 Å². The van der Waals surface area contributed by atoms with Crippen molar-refractivity contribution in [2.24, 2.45) is 5.41 Å². The fourth-order valence-electron chi connectivity index (χ4n) is 3.29. The Morgan fingerprint density at radius 1 is 1.11 bits per heavy atom. The van der Waals surface area contributed by atoms with Crippen LogP contribution in [0.1, 0.15) is 40.5 Å². The zero-order valence-electron chi connectivity index (χ0n) is 17.1. The van der Waals surface area contributed by atoms with Crippen LogP contribution in [0, 0.1) is 5.41 Å². The number of hydrogen-bond acceptors (Lipinski definition) is 4. The van der Waals surface area contributed by atoms with Crippen LogP contribution < -0.4 is 10.2 Å². The minimum atomic E-state index is -1.12. The largest absolute Gasteiger partial charge is 0.378 e. The number of carbonyl (C=O) groups is 2. The molecule has 1 aromatic carbocycles. The Kier molecular flexibility index (Phi) is 7.66. The molecule has 1 heterocycles. The van der Waals surface area contributed by atoms with Crippen molar-refractivity contribution < 1.29 is 14.3 Å². The fourth-order valence-corrected chi connectivity index (χ4v) is 3.29. The lowest BCUT2D eigenvalue weighted by molar-refractivity contribution is -0.146. The number of amides is 2. The van der Waals surface area contributed by atoms with Crippen LogP contribution in [0.5, 0.6) is 0 Å².